The molecule has 1 aromatic rings. The number of amides is 3. The van der Waals surface area contributed by atoms with Crippen molar-refractivity contribution in [2.45, 2.75) is 32.1 Å². The third-order valence-corrected chi connectivity index (χ3v) is 6.38. The van der Waals surface area contributed by atoms with Crippen LogP contribution in [0.3, 0.4) is 0 Å². The third kappa shape index (κ3) is 5.76. The van der Waals surface area contributed by atoms with Gasteiger partial charge in [0.25, 0.3) is 5.91 Å². The standard InChI is InChI=1S/C24H28N4O2S/c1-5-7-18(6-2)23(29)28-13-12-20-19(15-28)9-11-22(25-20)26-24(30)27-31-21-10-8-16(3)14-17(21)4/h5-11,14,17,21H,1-2,12-13,15H2,3-4H3,(H2,25,26,27,30)/b18-7+. The molecule has 1 aliphatic heterocycles. The maximum atomic E-state index is 12.6. The lowest BCUT2D eigenvalue weighted by Gasteiger charge is -2.29. The van der Waals surface area contributed by atoms with Gasteiger partial charge in [-0.1, -0.05) is 68.2 Å². The number of urea groups is 1. The minimum absolute atomic E-state index is 0.0739. The summed E-state index contributed by atoms with van der Waals surface area (Å²) in [7, 11) is 0. The number of pyridine rings is 1. The largest absolute Gasteiger partial charge is 0.334 e. The van der Waals surface area contributed by atoms with E-state index in [4.69, 9.17) is 0 Å². The van der Waals surface area contributed by atoms with Crippen LogP contribution in [0.25, 0.3) is 0 Å². The van der Waals surface area contributed by atoms with E-state index in [2.05, 4.69) is 60.3 Å². The van der Waals surface area contributed by atoms with Crippen molar-refractivity contribution in [1.29, 1.82) is 0 Å². The van der Waals surface area contributed by atoms with E-state index in [0.29, 0.717) is 36.8 Å². The van der Waals surface area contributed by atoms with Crippen molar-refractivity contribution < 1.29 is 9.59 Å². The fourth-order valence-corrected chi connectivity index (χ4v) is 4.34. The number of carbonyl (C=O) groups excluding carboxylic acids is 2. The van der Waals surface area contributed by atoms with Crippen LogP contribution < -0.4 is 10.0 Å². The van der Waals surface area contributed by atoms with Gasteiger partial charge in [-0.05, 0) is 36.4 Å². The summed E-state index contributed by atoms with van der Waals surface area (Å²) in [6.45, 7) is 12.6. The molecule has 2 atom stereocenters. The first kappa shape index (κ1) is 22.6. The minimum atomic E-state index is -0.304. The zero-order chi connectivity index (χ0) is 22.4. The van der Waals surface area contributed by atoms with Gasteiger partial charge in [0.05, 0.1) is 0 Å². The highest BCUT2D eigenvalue weighted by Gasteiger charge is 2.23. The molecule has 6 nitrogen and oxygen atoms in total. The molecule has 0 radical (unpaired) electrons. The molecule has 1 aliphatic carbocycles. The van der Waals surface area contributed by atoms with Crippen LogP contribution in [0.5, 0.6) is 0 Å². The monoisotopic (exact) mass is 436 g/mol. The SMILES string of the molecule is C=C/C=C(\C=C)C(=O)N1CCc2nc(NC(=O)NSC3C=CC(C)=CC3C)ccc2C1. The summed E-state index contributed by atoms with van der Waals surface area (Å²) in [5, 5.41) is 3.00. The summed E-state index contributed by atoms with van der Waals surface area (Å²) >= 11 is 1.39. The average molecular weight is 437 g/mol. The number of hydrogen-bond acceptors (Lipinski definition) is 4. The van der Waals surface area contributed by atoms with Crippen molar-refractivity contribution in [3.8, 4) is 0 Å². The van der Waals surface area contributed by atoms with Gasteiger partial charge in [-0.15, -0.1) is 0 Å². The van der Waals surface area contributed by atoms with Crippen molar-refractivity contribution >= 4 is 29.7 Å². The van der Waals surface area contributed by atoms with Gasteiger partial charge in [0.2, 0.25) is 0 Å². The number of hydrogen-bond donors (Lipinski definition) is 2. The summed E-state index contributed by atoms with van der Waals surface area (Å²) in [6, 6.07) is 3.37. The van der Waals surface area contributed by atoms with E-state index < -0.39 is 0 Å². The first-order chi connectivity index (χ1) is 14.9. The molecule has 0 bridgehead atoms. The molecular formula is C24H28N4O2S. The average Bonchev–Trinajstić information content (AvgIpc) is 2.76. The molecule has 2 unspecified atom stereocenters. The Bertz CT molecular complexity index is 980. The molecule has 7 heteroatoms. The fourth-order valence-electron chi connectivity index (χ4n) is 3.59. The summed E-state index contributed by atoms with van der Waals surface area (Å²) in [5.41, 5.74) is 3.63. The quantitative estimate of drug-likeness (QED) is 0.390. The van der Waals surface area contributed by atoms with Crippen LogP contribution >= 0.6 is 11.9 Å². The molecule has 1 aromatic heterocycles. The van der Waals surface area contributed by atoms with E-state index in [-0.39, 0.29) is 17.2 Å². The fraction of sp³-hybridized carbons (Fsp3) is 0.292. The van der Waals surface area contributed by atoms with Crippen LogP contribution in [0.2, 0.25) is 0 Å². The van der Waals surface area contributed by atoms with Gasteiger partial charge in [0.15, 0.2) is 0 Å². The molecule has 2 aliphatic rings. The van der Waals surface area contributed by atoms with Crippen LogP contribution in [0.15, 0.2) is 72.9 Å². The minimum Gasteiger partial charge on any atom is -0.334 e. The molecule has 3 rings (SSSR count). The van der Waals surface area contributed by atoms with E-state index in [9.17, 15) is 9.59 Å². The first-order valence-corrected chi connectivity index (χ1v) is 11.1. The highest BCUT2D eigenvalue weighted by molar-refractivity contribution is 7.98. The van der Waals surface area contributed by atoms with Crippen molar-refractivity contribution in [3.63, 3.8) is 0 Å². The Morgan fingerprint density at radius 2 is 2.13 bits per heavy atom. The van der Waals surface area contributed by atoms with Gasteiger partial charge in [-0.25, -0.2) is 9.78 Å². The number of aromatic nitrogens is 1. The van der Waals surface area contributed by atoms with Crippen LogP contribution in [0.4, 0.5) is 10.6 Å². The number of carbonyl (C=O) groups is 2. The lowest BCUT2D eigenvalue weighted by Crippen LogP contribution is -2.37. The van der Waals surface area contributed by atoms with E-state index >= 15 is 0 Å². The van der Waals surface area contributed by atoms with Gasteiger partial charge in [0, 0.05) is 36.0 Å². The highest BCUT2D eigenvalue weighted by Crippen LogP contribution is 2.26. The van der Waals surface area contributed by atoms with Crippen LogP contribution in [0, 0.1) is 5.92 Å². The summed E-state index contributed by atoms with van der Waals surface area (Å²) < 4.78 is 2.85. The molecule has 2 heterocycles. The van der Waals surface area contributed by atoms with E-state index in [1.165, 1.54) is 17.5 Å². The Morgan fingerprint density at radius 1 is 1.32 bits per heavy atom. The smallest absolute Gasteiger partial charge is 0.330 e. The van der Waals surface area contributed by atoms with Crippen LogP contribution in [-0.4, -0.2) is 33.6 Å². The zero-order valence-electron chi connectivity index (χ0n) is 17.9. The maximum Gasteiger partial charge on any atom is 0.330 e. The number of nitrogens with zero attached hydrogens (tertiary/aromatic N) is 2. The van der Waals surface area contributed by atoms with Crippen molar-refractivity contribution in [2.75, 3.05) is 11.9 Å². The number of nitrogens with one attached hydrogen (secondary N) is 2. The molecule has 0 aromatic carbocycles. The van der Waals surface area contributed by atoms with Gasteiger partial charge < -0.3 is 4.90 Å². The molecule has 162 valence electrons. The number of fused-ring (bicyclic) bond motifs is 1. The number of anilines is 1. The normalized spacial score (nSPS) is 20.4. The topological polar surface area (TPSA) is 74.3 Å². The van der Waals surface area contributed by atoms with Gasteiger partial charge in [0.1, 0.15) is 5.82 Å². The number of allylic oxidation sites excluding steroid dienone is 5. The summed E-state index contributed by atoms with van der Waals surface area (Å²) in [4.78, 5) is 31.3. The zero-order valence-corrected chi connectivity index (χ0v) is 18.7. The molecule has 0 spiro atoms. The first-order valence-electron chi connectivity index (χ1n) is 10.2. The maximum absolute atomic E-state index is 12.6. The van der Waals surface area contributed by atoms with E-state index in [0.717, 1.165) is 11.3 Å². The Kier molecular flexibility index (Phi) is 7.52. The molecule has 0 fully saturated rings. The Hall–Kier alpha value is -3.06. The molecule has 0 saturated heterocycles. The lowest BCUT2D eigenvalue weighted by atomic mass is 9.98. The van der Waals surface area contributed by atoms with Crippen molar-refractivity contribution in [3.05, 3.63) is 84.2 Å². The van der Waals surface area contributed by atoms with E-state index in [1.807, 2.05) is 6.07 Å². The Morgan fingerprint density at radius 3 is 2.84 bits per heavy atom. The van der Waals surface area contributed by atoms with Crippen LogP contribution in [-0.2, 0) is 17.8 Å². The van der Waals surface area contributed by atoms with Crippen LogP contribution in [0.1, 0.15) is 25.1 Å². The number of rotatable bonds is 6. The van der Waals surface area contributed by atoms with Gasteiger partial charge in [-0.2, -0.15) is 0 Å². The molecule has 0 saturated carbocycles. The second kappa shape index (κ2) is 10.3. The third-order valence-electron chi connectivity index (χ3n) is 5.22. The molecule has 2 N–H and O–H groups in total. The highest BCUT2D eigenvalue weighted by atomic mass is 32.2. The van der Waals surface area contributed by atoms with Crippen molar-refractivity contribution in [2.24, 2.45) is 5.92 Å². The van der Waals surface area contributed by atoms with Gasteiger partial charge in [-0.3, -0.25) is 14.8 Å². The Balaban J connectivity index is 1.56. The lowest BCUT2D eigenvalue weighted by molar-refractivity contribution is -0.127. The van der Waals surface area contributed by atoms with Gasteiger partial charge >= 0.3 is 6.03 Å². The predicted octanol–water partition coefficient (Wildman–Crippen LogP) is 4.56. The second-order valence-electron chi connectivity index (χ2n) is 7.61. The molecule has 31 heavy (non-hydrogen) atoms. The van der Waals surface area contributed by atoms with Crippen molar-refractivity contribution in [1.82, 2.24) is 14.6 Å². The second-order valence-corrected chi connectivity index (χ2v) is 8.59. The van der Waals surface area contributed by atoms with E-state index in [1.54, 1.807) is 29.2 Å². The Labute approximate surface area is 188 Å². The molecule has 3 amide bonds. The summed E-state index contributed by atoms with van der Waals surface area (Å²) in [6.07, 6.45) is 11.8. The summed E-state index contributed by atoms with van der Waals surface area (Å²) in [5.74, 6) is 0.777. The predicted molar refractivity (Wildman–Crippen MR) is 127 cm³/mol. The molecular weight excluding hydrogens is 408 g/mol.